The van der Waals surface area contributed by atoms with E-state index in [1.807, 2.05) is 0 Å². The van der Waals surface area contributed by atoms with Gasteiger partial charge in [-0.2, -0.15) is 8.42 Å². The van der Waals surface area contributed by atoms with E-state index in [0.29, 0.717) is 27.8 Å². The first kappa shape index (κ1) is 24.9. The van der Waals surface area contributed by atoms with Crippen LogP contribution >= 0.6 is 23.2 Å². The van der Waals surface area contributed by atoms with E-state index in [2.05, 4.69) is 4.40 Å². The maximum atomic E-state index is 12.7. The summed E-state index contributed by atoms with van der Waals surface area (Å²) < 4.78 is 45.6. The normalized spacial score (nSPS) is 13.5. The van der Waals surface area contributed by atoms with Gasteiger partial charge in [-0.1, -0.05) is 35.3 Å². The fourth-order valence-corrected chi connectivity index (χ4v) is 5.39. The van der Waals surface area contributed by atoms with Gasteiger partial charge in [0.15, 0.2) is 12.4 Å². The summed E-state index contributed by atoms with van der Waals surface area (Å²) in [5, 5.41) is 0.727. The van der Waals surface area contributed by atoms with Crippen LogP contribution in [0.2, 0.25) is 10.0 Å². The molecule has 1 aliphatic rings. The Labute approximate surface area is 222 Å². The summed E-state index contributed by atoms with van der Waals surface area (Å²) in [5.74, 6) is 0.827. The molecule has 1 aromatic heterocycles. The Morgan fingerprint density at radius 1 is 0.973 bits per heavy atom. The lowest BCUT2D eigenvalue weighted by Gasteiger charge is -2.24. The molecule has 5 rings (SSSR count). The van der Waals surface area contributed by atoms with E-state index in [0.717, 1.165) is 0 Å². The number of sulfonamides is 1. The maximum absolute atomic E-state index is 12.7. The van der Waals surface area contributed by atoms with Gasteiger partial charge in [0.05, 0.1) is 17.8 Å². The van der Waals surface area contributed by atoms with Crippen LogP contribution in [0.25, 0.3) is 0 Å². The summed E-state index contributed by atoms with van der Waals surface area (Å²) in [6, 6.07) is 21.4. The van der Waals surface area contributed by atoms with Crippen molar-refractivity contribution in [1.82, 2.24) is 0 Å². The molecule has 37 heavy (non-hydrogen) atoms. The third kappa shape index (κ3) is 5.48. The van der Waals surface area contributed by atoms with E-state index < -0.39 is 16.0 Å². The Hall–Kier alpha value is -3.79. The van der Waals surface area contributed by atoms with Gasteiger partial charge >= 0.3 is 5.97 Å². The highest BCUT2D eigenvalue weighted by Gasteiger charge is 2.32. The van der Waals surface area contributed by atoms with Crippen molar-refractivity contribution in [3.8, 4) is 11.5 Å². The van der Waals surface area contributed by atoms with Gasteiger partial charge in [-0.3, -0.25) is 0 Å². The molecule has 0 saturated heterocycles. The van der Waals surface area contributed by atoms with Crippen molar-refractivity contribution >= 4 is 50.7 Å². The number of rotatable bonds is 7. The van der Waals surface area contributed by atoms with Crippen LogP contribution < -0.4 is 14.4 Å². The van der Waals surface area contributed by atoms with Crippen LogP contribution in [-0.2, 0) is 21.4 Å². The maximum Gasteiger partial charge on any atom is 0.349 e. The van der Waals surface area contributed by atoms with Crippen LogP contribution in [0.15, 0.2) is 98.8 Å². The number of esters is 1. The number of furan rings is 1. The molecular formula is C26H18Cl2N2O6S. The zero-order valence-electron chi connectivity index (χ0n) is 19.0. The number of carbonyl (C=O) groups is 1. The monoisotopic (exact) mass is 556 g/mol. The first-order valence-electron chi connectivity index (χ1n) is 10.9. The molecule has 0 N–H and O–H groups in total. The number of ether oxygens (including phenoxy) is 2. The molecule has 2 heterocycles. The van der Waals surface area contributed by atoms with E-state index >= 15 is 0 Å². The number of benzene rings is 3. The highest BCUT2D eigenvalue weighted by Crippen LogP contribution is 2.32. The molecule has 3 aromatic carbocycles. The molecule has 11 heteroatoms. The van der Waals surface area contributed by atoms with Gasteiger partial charge in [0, 0.05) is 16.3 Å². The number of hydrogen-bond donors (Lipinski definition) is 0. The topological polar surface area (TPSA) is 98.4 Å². The molecule has 1 aliphatic heterocycles. The molecule has 8 nitrogen and oxygen atoms in total. The average molecular weight is 557 g/mol. The first-order valence-corrected chi connectivity index (χ1v) is 13.1. The van der Waals surface area contributed by atoms with Crippen LogP contribution in [-0.4, -0.2) is 26.8 Å². The first-order chi connectivity index (χ1) is 17.8. The fraction of sp³-hybridized carbons (Fsp3) is 0.0769. The van der Waals surface area contributed by atoms with Crippen molar-refractivity contribution in [2.24, 2.45) is 4.40 Å². The zero-order chi connectivity index (χ0) is 26.0. The minimum atomic E-state index is -3.83. The predicted molar refractivity (Wildman–Crippen MR) is 139 cm³/mol. The van der Waals surface area contributed by atoms with Gasteiger partial charge in [0.2, 0.25) is 0 Å². The lowest BCUT2D eigenvalue weighted by molar-refractivity contribution is -0.136. The summed E-state index contributed by atoms with van der Waals surface area (Å²) >= 11 is 11.9. The Kier molecular flexibility index (Phi) is 6.92. The van der Waals surface area contributed by atoms with Crippen molar-refractivity contribution in [2.75, 3.05) is 11.5 Å². The lowest BCUT2D eigenvalue weighted by atomic mass is 10.1. The van der Waals surface area contributed by atoms with Gasteiger partial charge in [-0.15, -0.1) is 4.40 Å². The van der Waals surface area contributed by atoms with E-state index in [1.54, 1.807) is 71.6 Å². The quantitative estimate of drug-likeness (QED) is 0.212. The number of anilines is 1. The minimum Gasteiger partial charge on any atom is -0.480 e. The molecule has 0 unspecified atom stereocenters. The van der Waals surface area contributed by atoms with Crippen molar-refractivity contribution in [1.29, 1.82) is 0 Å². The second kappa shape index (κ2) is 10.3. The van der Waals surface area contributed by atoms with Gasteiger partial charge in [-0.25, -0.2) is 4.79 Å². The summed E-state index contributed by atoms with van der Waals surface area (Å²) in [7, 11) is -3.83. The number of amidine groups is 1. The molecule has 0 fully saturated rings. The zero-order valence-corrected chi connectivity index (χ0v) is 21.3. The van der Waals surface area contributed by atoms with E-state index in [9.17, 15) is 13.2 Å². The fourth-order valence-electron chi connectivity index (χ4n) is 3.71. The van der Waals surface area contributed by atoms with Crippen molar-refractivity contribution in [3.05, 3.63) is 106 Å². The number of carbonyl (C=O) groups excluding carboxylic acids is 1. The smallest absolute Gasteiger partial charge is 0.349 e. The Morgan fingerprint density at radius 2 is 1.76 bits per heavy atom. The third-order valence-corrected chi connectivity index (χ3v) is 7.24. The summed E-state index contributed by atoms with van der Waals surface area (Å²) in [6.07, 6.45) is 1.54. The molecular weight excluding hydrogens is 539 g/mol. The van der Waals surface area contributed by atoms with Crippen LogP contribution in [0.3, 0.4) is 0 Å². The number of fused-ring (bicyclic) bond motifs is 1. The summed E-state index contributed by atoms with van der Waals surface area (Å²) in [4.78, 5) is 14.1. The number of halogens is 2. The van der Waals surface area contributed by atoms with Gasteiger partial charge in [-0.05, 0) is 66.7 Å². The molecule has 0 bridgehead atoms. The average Bonchev–Trinajstić information content (AvgIpc) is 3.48. The second-order valence-corrected chi connectivity index (χ2v) is 10.3. The molecule has 188 valence electrons. The Morgan fingerprint density at radius 3 is 2.49 bits per heavy atom. The van der Waals surface area contributed by atoms with Crippen LogP contribution in [0, 0.1) is 0 Å². The van der Waals surface area contributed by atoms with E-state index in [-0.39, 0.29) is 34.7 Å². The largest absolute Gasteiger partial charge is 0.480 e. The second-order valence-electron chi connectivity index (χ2n) is 7.88. The highest BCUT2D eigenvalue weighted by atomic mass is 35.5. The van der Waals surface area contributed by atoms with E-state index in [1.165, 1.54) is 18.4 Å². The third-order valence-electron chi connectivity index (χ3n) is 5.38. The molecule has 4 aromatic rings. The highest BCUT2D eigenvalue weighted by molar-refractivity contribution is 7.90. The predicted octanol–water partition coefficient (Wildman–Crippen LogP) is 5.73. The Balaban J connectivity index is 1.35. The van der Waals surface area contributed by atoms with Crippen molar-refractivity contribution in [2.45, 2.75) is 11.4 Å². The van der Waals surface area contributed by atoms with Gasteiger partial charge < -0.3 is 18.8 Å². The summed E-state index contributed by atoms with van der Waals surface area (Å²) in [5.41, 5.74) is 1.11. The van der Waals surface area contributed by atoms with Crippen molar-refractivity contribution < 1.29 is 27.1 Å². The van der Waals surface area contributed by atoms with Gasteiger partial charge in [0.1, 0.15) is 22.2 Å². The Bertz CT molecular complexity index is 1590. The summed E-state index contributed by atoms with van der Waals surface area (Å²) in [6.45, 7) is -0.135. The number of nitrogens with zero attached hydrogens (tertiary/aromatic N) is 2. The standard InChI is InChI=1S/C26H18Cl2N2O6S/c27-17-7-12-23(22(28)14-17)35-16-25(31)36-19-10-8-18(9-11-19)30(15-20-4-3-13-34-20)26-21-5-1-2-6-24(21)37(32,33)29-26/h1-14H,15-16H2. The molecule has 0 spiro atoms. The van der Waals surface area contributed by atoms with E-state index in [4.69, 9.17) is 37.1 Å². The molecule has 0 amide bonds. The molecule has 0 aliphatic carbocycles. The van der Waals surface area contributed by atoms with Gasteiger partial charge in [0.25, 0.3) is 10.0 Å². The van der Waals surface area contributed by atoms with Crippen molar-refractivity contribution in [3.63, 3.8) is 0 Å². The molecule has 0 radical (unpaired) electrons. The van der Waals surface area contributed by atoms with Crippen LogP contribution in [0.4, 0.5) is 5.69 Å². The number of hydrogen-bond acceptors (Lipinski definition) is 7. The minimum absolute atomic E-state index is 0.140. The van der Waals surface area contributed by atoms with Crippen LogP contribution in [0.5, 0.6) is 11.5 Å². The molecule has 0 saturated carbocycles. The molecule has 0 atom stereocenters. The van der Waals surface area contributed by atoms with Crippen LogP contribution in [0.1, 0.15) is 11.3 Å². The SMILES string of the molecule is O=C(COc1ccc(Cl)cc1Cl)Oc1ccc(N(Cc2ccco2)C2=NS(=O)(=O)c3ccccc32)cc1. The lowest BCUT2D eigenvalue weighted by Crippen LogP contribution is -2.30.